The summed E-state index contributed by atoms with van der Waals surface area (Å²) in [5.41, 5.74) is -1.82. The van der Waals surface area contributed by atoms with Gasteiger partial charge in [0.2, 0.25) is 5.95 Å². The maximum absolute atomic E-state index is 14.4. The summed E-state index contributed by atoms with van der Waals surface area (Å²) in [6.07, 6.45) is -1.98. The van der Waals surface area contributed by atoms with Crippen molar-refractivity contribution in [2.45, 2.75) is 38.3 Å². The van der Waals surface area contributed by atoms with Crippen LogP contribution >= 0.6 is 0 Å². The molecule has 28 heavy (non-hydrogen) atoms. The molecule has 0 radical (unpaired) electrons. The van der Waals surface area contributed by atoms with Gasteiger partial charge in [0, 0.05) is 18.7 Å². The van der Waals surface area contributed by atoms with E-state index in [1.54, 1.807) is 0 Å². The largest absolute Gasteiger partial charge is 0.329 e. The quantitative estimate of drug-likeness (QED) is 0.672. The minimum absolute atomic E-state index is 0.0835. The van der Waals surface area contributed by atoms with Crippen LogP contribution in [0.4, 0.5) is 22.0 Å². The van der Waals surface area contributed by atoms with Gasteiger partial charge in [-0.25, -0.2) is 22.2 Å². The van der Waals surface area contributed by atoms with Crippen LogP contribution in [0.5, 0.6) is 0 Å². The second-order valence-electron chi connectivity index (χ2n) is 6.74. The summed E-state index contributed by atoms with van der Waals surface area (Å²) < 4.78 is 69.1. The molecule has 0 spiro atoms. The lowest BCUT2D eigenvalue weighted by molar-refractivity contribution is 0.0698. The van der Waals surface area contributed by atoms with Gasteiger partial charge in [-0.1, -0.05) is 6.58 Å². The zero-order valence-electron chi connectivity index (χ0n) is 15.2. The molecule has 0 aliphatic heterocycles. The second-order valence-corrected chi connectivity index (χ2v) is 6.74. The molecule has 3 rings (SSSR count). The number of hydrogen-bond donors (Lipinski definition) is 0. The van der Waals surface area contributed by atoms with E-state index < -0.39 is 47.2 Å². The number of alkyl halides is 2. The van der Waals surface area contributed by atoms with Gasteiger partial charge in [-0.3, -0.25) is 4.79 Å². The van der Waals surface area contributed by atoms with Crippen molar-refractivity contribution in [1.82, 2.24) is 14.7 Å². The lowest BCUT2D eigenvalue weighted by atomic mass is 9.98. The Morgan fingerprint density at radius 2 is 1.93 bits per heavy atom. The Bertz CT molecular complexity index is 936. The highest BCUT2D eigenvalue weighted by Gasteiger charge is 2.41. The fraction of sp³-hybridized carbons (Fsp3) is 0.368. The second kappa shape index (κ2) is 7.37. The van der Waals surface area contributed by atoms with E-state index in [2.05, 4.69) is 11.7 Å². The van der Waals surface area contributed by atoms with E-state index in [-0.39, 0.29) is 17.2 Å². The van der Waals surface area contributed by atoms with Gasteiger partial charge >= 0.3 is 0 Å². The Labute approximate surface area is 158 Å². The topological polar surface area (TPSA) is 38.1 Å². The highest BCUT2D eigenvalue weighted by Crippen LogP contribution is 2.36. The smallest absolute Gasteiger partial charge is 0.283 e. The predicted molar refractivity (Wildman–Crippen MR) is 92.2 cm³/mol. The first kappa shape index (κ1) is 20.0. The van der Waals surface area contributed by atoms with E-state index in [0.29, 0.717) is 17.5 Å². The number of carbonyl (C=O) groups is 1. The number of rotatable bonds is 6. The van der Waals surface area contributed by atoms with Crippen molar-refractivity contribution in [2.24, 2.45) is 7.05 Å². The average Bonchev–Trinajstić information content (AvgIpc) is 3.42. The summed E-state index contributed by atoms with van der Waals surface area (Å²) in [5.74, 6) is -3.58. The molecule has 1 atom stereocenters. The fourth-order valence-corrected chi connectivity index (χ4v) is 3.15. The molecule has 1 aliphatic carbocycles. The van der Waals surface area contributed by atoms with E-state index in [1.165, 1.54) is 11.8 Å². The first-order valence-electron chi connectivity index (χ1n) is 8.60. The summed E-state index contributed by atoms with van der Waals surface area (Å²) in [6, 6.07) is 1.61. The first-order valence-corrected chi connectivity index (χ1v) is 8.60. The molecule has 1 heterocycles. The third-order valence-corrected chi connectivity index (χ3v) is 4.80. The molecule has 1 aromatic heterocycles. The van der Waals surface area contributed by atoms with E-state index in [4.69, 9.17) is 0 Å². The summed E-state index contributed by atoms with van der Waals surface area (Å²) in [7, 11) is 1.12. The van der Waals surface area contributed by atoms with Gasteiger partial charge in [0.1, 0.15) is 22.9 Å². The summed E-state index contributed by atoms with van der Waals surface area (Å²) >= 11 is 0. The molecular weight excluding hydrogens is 381 g/mol. The molecule has 1 fully saturated rings. The van der Waals surface area contributed by atoms with Crippen LogP contribution < -0.4 is 0 Å². The minimum atomic E-state index is -3.14. The fourth-order valence-electron chi connectivity index (χ4n) is 3.15. The predicted octanol–water partition coefficient (Wildman–Crippen LogP) is 4.48. The van der Waals surface area contributed by atoms with Crippen LogP contribution in [0.15, 0.2) is 24.8 Å². The zero-order valence-corrected chi connectivity index (χ0v) is 15.2. The SMILES string of the molecule is C=C(c1cc(F)ccc1F)C(C)N(C(=O)c1c(C(F)F)nn(C)c1F)C1CC1. The third-order valence-electron chi connectivity index (χ3n) is 4.80. The summed E-state index contributed by atoms with van der Waals surface area (Å²) in [4.78, 5) is 14.2. The van der Waals surface area contributed by atoms with Gasteiger partial charge in [0.05, 0.1) is 6.04 Å². The molecule has 9 heteroatoms. The monoisotopic (exact) mass is 399 g/mol. The normalized spacial score (nSPS) is 15.0. The molecule has 0 saturated heterocycles. The highest BCUT2D eigenvalue weighted by molar-refractivity contribution is 5.97. The average molecular weight is 399 g/mol. The van der Waals surface area contributed by atoms with Gasteiger partial charge in [-0.15, -0.1) is 0 Å². The number of hydrogen-bond acceptors (Lipinski definition) is 2. The van der Waals surface area contributed by atoms with Crippen LogP contribution in [-0.2, 0) is 7.05 Å². The number of aromatic nitrogens is 2. The molecular formula is C19H18F5N3O. The van der Waals surface area contributed by atoms with Crippen molar-refractivity contribution in [3.8, 4) is 0 Å². The molecule has 0 N–H and O–H groups in total. The highest BCUT2D eigenvalue weighted by atomic mass is 19.3. The Hall–Kier alpha value is -2.71. The number of nitrogens with zero attached hydrogens (tertiary/aromatic N) is 3. The lowest BCUT2D eigenvalue weighted by Gasteiger charge is -2.31. The molecule has 1 aliphatic rings. The Morgan fingerprint density at radius 1 is 1.29 bits per heavy atom. The maximum Gasteiger partial charge on any atom is 0.283 e. The molecule has 1 unspecified atom stereocenters. The van der Waals surface area contributed by atoms with Crippen molar-refractivity contribution in [3.63, 3.8) is 0 Å². The molecule has 0 bridgehead atoms. The van der Waals surface area contributed by atoms with Crippen molar-refractivity contribution >= 4 is 11.5 Å². The number of amides is 1. The van der Waals surface area contributed by atoms with Crippen LogP contribution in [0.2, 0.25) is 0 Å². The van der Waals surface area contributed by atoms with Crippen LogP contribution in [-0.4, -0.2) is 32.7 Å². The van der Waals surface area contributed by atoms with Crippen molar-refractivity contribution < 1.29 is 26.7 Å². The van der Waals surface area contributed by atoms with Crippen LogP contribution in [0.1, 0.15) is 47.8 Å². The molecule has 1 amide bonds. The summed E-state index contributed by atoms with van der Waals surface area (Å²) in [6.45, 7) is 5.27. The van der Waals surface area contributed by atoms with Crippen LogP contribution in [0, 0.1) is 17.6 Å². The standard InChI is InChI=1S/C19H18F5N3O/c1-9(13-8-11(20)4-7-14(13)21)10(2)27(12-5-6-12)19(28)15-16(17(22)23)25-26(3)18(15)24/h4,7-8,10,12,17H,1,5-6H2,2-3H3. The molecule has 1 saturated carbocycles. The molecule has 4 nitrogen and oxygen atoms in total. The third kappa shape index (κ3) is 3.53. The van der Waals surface area contributed by atoms with E-state index in [9.17, 15) is 26.7 Å². The molecule has 150 valence electrons. The first-order chi connectivity index (χ1) is 13.1. The van der Waals surface area contributed by atoms with E-state index in [1.807, 2.05) is 0 Å². The van der Waals surface area contributed by atoms with Crippen molar-refractivity contribution in [1.29, 1.82) is 0 Å². The Balaban J connectivity index is 2.00. The Kier molecular flexibility index (Phi) is 5.27. The Morgan fingerprint density at radius 3 is 2.50 bits per heavy atom. The lowest BCUT2D eigenvalue weighted by Crippen LogP contribution is -2.41. The number of benzene rings is 1. The molecule has 1 aromatic carbocycles. The van der Waals surface area contributed by atoms with E-state index in [0.717, 1.165) is 25.2 Å². The zero-order chi connectivity index (χ0) is 20.7. The molecule has 2 aromatic rings. The van der Waals surface area contributed by atoms with Gasteiger partial charge in [0.15, 0.2) is 0 Å². The number of carbonyl (C=O) groups excluding carboxylic acids is 1. The van der Waals surface area contributed by atoms with E-state index >= 15 is 0 Å². The maximum atomic E-state index is 14.4. The van der Waals surface area contributed by atoms with Crippen molar-refractivity contribution in [3.05, 3.63) is 59.2 Å². The number of halogens is 5. The van der Waals surface area contributed by atoms with Crippen LogP contribution in [0.3, 0.4) is 0 Å². The number of aryl methyl sites for hydroxylation is 1. The van der Waals surface area contributed by atoms with Gasteiger partial charge in [-0.2, -0.15) is 9.49 Å². The van der Waals surface area contributed by atoms with Gasteiger partial charge in [-0.05, 0) is 43.5 Å². The van der Waals surface area contributed by atoms with Gasteiger partial charge in [0.25, 0.3) is 12.3 Å². The van der Waals surface area contributed by atoms with Gasteiger partial charge < -0.3 is 4.90 Å². The summed E-state index contributed by atoms with van der Waals surface area (Å²) in [5, 5.41) is 3.39. The minimum Gasteiger partial charge on any atom is -0.329 e. The van der Waals surface area contributed by atoms with Crippen LogP contribution in [0.25, 0.3) is 5.57 Å². The van der Waals surface area contributed by atoms with Crippen molar-refractivity contribution in [2.75, 3.05) is 0 Å².